The molecular formula is C43H65FN2O3. The van der Waals surface area contributed by atoms with E-state index in [1.807, 2.05) is 0 Å². The molecule has 5 fully saturated rings. The van der Waals surface area contributed by atoms with Gasteiger partial charge in [-0.15, -0.1) is 0 Å². The standard InChI is InChI=1S/C43H65FN2O3/c1-28(2)30-14-21-43(45-26-35(47)46-24-8-9-25-46)23-22-40(6)32(36(30)43)10-11-34-39(5)17-15-31(38(3,4)33(39)16-18-41(34,40)7)29-12-19-42(27-44,20-13-29)37(48)49/h12,15,30,32-34,36,45H,1,8-11,13-14,16-27H2,2-7H3,(H,48,49)/t30-,32+,33-,34+,36+,39-,40+,41+,42-,43-/m0/s1. The summed E-state index contributed by atoms with van der Waals surface area (Å²) >= 11 is 0. The molecule has 7 rings (SSSR count). The van der Waals surface area contributed by atoms with Crippen molar-refractivity contribution in [2.45, 2.75) is 137 Å². The Bertz CT molecular complexity index is 1440. The van der Waals surface area contributed by atoms with Crippen LogP contribution < -0.4 is 5.32 Å². The minimum atomic E-state index is -1.25. The normalized spacial score (nSPS) is 45.7. The van der Waals surface area contributed by atoms with Gasteiger partial charge in [-0.2, -0.15) is 0 Å². The van der Waals surface area contributed by atoms with Gasteiger partial charge in [0.15, 0.2) is 0 Å². The zero-order valence-electron chi connectivity index (χ0n) is 31.6. The van der Waals surface area contributed by atoms with Gasteiger partial charge in [-0.25, -0.2) is 4.39 Å². The lowest BCUT2D eigenvalue weighted by molar-refractivity contribution is -0.221. The number of allylic oxidation sites excluding steroid dienone is 5. The molecule has 1 aliphatic heterocycles. The molecule has 272 valence electrons. The molecule has 0 aromatic rings. The Kier molecular flexibility index (Phi) is 8.72. The summed E-state index contributed by atoms with van der Waals surface area (Å²) in [4.78, 5) is 27.3. The highest BCUT2D eigenvalue weighted by Crippen LogP contribution is 2.76. The van der Waals surface area contributed by atoms with Gasteiger partial charge in [-0.05, 0) is 159 Å². The fraction of sp³-hybridized carbons (Fsp3) is 0.814. The zero-order valence-corrected chi connectivity index (χ0v) is 31.6. The van der Waals surface area contributed by atoms with Gasteiger partial charge in [0.2, 0.25) is 5.91 Å². The van der Waals surface area contributed by atoms with E-state index in [0.717, 1.165) is 45.2 Å². The van der Waals surface area contributed by atoms with Crippen LogP contribution in [0.25, 0.3) is 0 Å². The summed E-state index contributed by atoms with van der Waals surface area (Å²) in [5.74, 6) is 2.18. The van der Waals surface area contributed by atoms with E-state index in [2.05, 4.69) is 70.5 Å². The molecule has 4 saturated carbocycles. The van der Waals surface area contributed by atoms with Crippen molar-refractivity contribution < 1.29 is 19.1 Å². The Morgan fingerprint density at radius 1 is 0.918 bits per heavy atom. The molecular weight excluding hydrogens is 611 g/mol. The number of carboxylic acids is 1. The SMILES string of the molecule is C=C(C)[C@@H]1CC[C@]2(NCC(=O)N3CCCC3)CC[C@]3(C)[C@H](CC[C@@H]4[C@@]5(C)CC=C(C6=CC[C@](CF)(C(=O)O)CC6)C(C)(C)[C@@H]5CC[C@]43C)[C@@H]12. The van der Waals surface area contributed by atoms with Gasteiger partial charge in [-0.3, -0.25) is 9.59 Å². The Hall–Kier alpha value is -1.95. The number of amides is 1. The predicted octanol–water partition coefficient (Wildman–Crippen LogP) is 9.30. The molecule has 2 N–H and O–H groups in total. The molecule has 0 spiro atoms. The second-order valence-electron chi connectivity index (χ2n) is 19.5. The molecule has 0 aromatic heterocycles. The Morgan fingerprint density at radius 2 is 1.65 bits per heavy atom. The van der Waals surface area contributed by atoms with E-state index in [-0.39, 0.29) is 27.2 Å². The number of hydrogen-bond donors (Lipinski definition) is 2. The first-order valence-electron chi connectivity index (χ1n) is 20.0. The third-order valence-corrected chi connectivity index (χ3v) is 17.4. The molecule has 10 atom stereocenters. The number of hydrogen-bond acceptors (Lipinski definition) is 3. The Labute approximate surface area is 296 Å². The smallest absolute Gasteiger partial charge is 0.312 e. The van der Waals surface area contributed by atoms with Crippen LogP contribution in [0.3, 0.4) is 0 Å². The molecule has 0 aromatic carbocycles. The molecule has 7 aliphatic rings. The number of likely N-dealkylation sites (tertiary alicyclic amines) is 1. The van der Waals surface area contributed by atoms with E-state index >= 15 is 0 Å². The van der Waals surface area contributed by atoms with E-state index in [0.29, 0.717) is 61.3 Å². The molecule has 1 amide bonds. The highest BCUT2D eigenvalue weighted by Gasteiger charge is 2.70. The number of carbonyl (C=O) groups excluding carboxylic acids is 1. The number of rotatable bonds is 7. The fourth-order valence-corrected chi connectivity index (χ4v) is 14.4. The van der Waals surface area contributed by atoms with Crippen molar-refractivity contribution in [2.24, 2.45) is 56.7 Å². The number of nitrogens with zero attached hydrogens (tertiary/aromatic N) is 1. The second-order valence-corrected chi connectivity index (χ2v) is 19.5. The summed E-state index contributed by atoms with van der Waals surface area (Å²) in [6.07, 6.45) is 19.0. The third kappa shape index (κ3) is 5.05. The molecule has 1 heterocycles. The summed E-state index contributed by atoms with van der Waals surface area (Å²) in [6.45, 7) is 21.2. The summed E-state index contributed by atoms with van der Waals surface area (Å²) in [7, 11) is 0. The Balaban J connectivity index is 1.17. The lowest BCUT2D eigenvalue weighted by atomic mass is 9.33. The van der Waals surface area contributed by atoms with Crippen LogP contribution in [0.15, 0.2) is 35.5 Å². The van der Waals surface area contributed by atoms with Crippen molar-refractivity contribution in [1.82, 2.24) is 10.2 Å². The van der Waals surface area contributed by atoms with E-state index in [4.69, 9.17) is 0 Å². The van der Waals surface area contributed by atoms with Crippen molar-refractivity contribution >= 4 is 11.9 Å². The van der Waals surface area contributed by atoms with Gasteiger partial charge >= 0.3 is 5.97 Å². The van der Waals surface area contributed by atoms with Gasteiger partial charge < -0.3 is 15.3 Å². The maximum atomic E-state index is 14.0. The molecule has 6 aliphatic carbocycles. The van der Waals surface area contributed by atoms with E-state index in [1.165, 1.54) is 55.2 Å². The maximum absolute atomic E-state index is 14.0. The summed E-state index contributed by atoms with van der Waals surface area (Å²) in [6, 6.07) is 0. The second kappa shape index (κ2) is 12.1. The van der Waals surface area contributed by atoms with Gasteiger partial charge in [0.1, 0.15) is 6.67 Å². The lowest BCUT2D eigenvalue weighted by Crippen LogP contribution is -2.68. The van der Waals surface area contributed by atoms with E-state index < -0.39 is 18.1 Å². The summed E-state index contributed by atoms with van der Waals surface area (Å²) < 4.78 is 14.0. The first-order chi connectivity index (χ1) is 23.1. The predicted molar refractivity (Wildman–Crippen MR) is 195 cm³/mol. The number of carbonyl (C=O) groups is 2. The highest BCUT2D eigenvalue weighted by molar-refractivity contribution is 5.78. The van der Waals surface area contributed by atoms with Crippen molar-refractivity contribution in [3.05, 3.63) is 35.5 Å². The largest absolute Gasteiger partial charge is 0.481 e. The molecule has 5 nitrogen and oxygen atoms in total. The quantitative estimate of drug-likeness (QED) is 0.264. The minimum Gasteiger partial charge on any atom is -0.481 e. The minimum absolute atomic E-state index is 0.0130. The van der Waals surface area contributed by atoms with Crippen LogP contribution in [0.5, 0.6) is 0 Å². The van der Waals surface area contributed by atoms with Gasteiger partial charge in [0.25, 0.3) is 0 Å². The summed E-state index contributed by atoms with van der Waals surface area (Å²) in [5.41, 5.74) is 3.46. The molecule has 1 saturated heterocycles. The van der Waals surface area contributed by atoms with Crippen molar-refractivity contribution in [3.63, 3.8) is 0 Å². The van der Waals surface area contributed by atoms with E-state index in [1.54, 1.807) is 0 Å². The molecule has 6 heteroatoms. The summed E-state index contributed by atoms with van der Waals surface area (Å²) in [5, 5.41) is 13.8. The number of fused-ring (bicyclic) bond motifs is 7. The van der Waals surface area contributed by atoms with Crippen LogP contribution in [0.1, 0.15) is 131 Å². The van der Waals surface area contributed by atoms with Crippen LogP contribution in [-0.2, 0) is 9.59 Å². The highest BCUT2D eigenvalue weighted by atomic mass is 19.1. The third-order valence-electron chi connectivity index (χ3n) is 17.4. The first kappa shape index (κ1) is 35.5. The number of alkyl halides is 1. The van der Waals surface area contributed by atoms with Crippen LogP contribution in [0.4, 0.5) is 4.39 Å². The molecule has 0 radical (unpaired) electrons. The van der Waals surface area contributed by atoms with Crippen molar-refractivity contribution in [2.75, 3.05) is 26.3 Å². The maximum Gasteiger partial charge on any atom is 0.312 e. The van der Waals surface area contributed by atoms with Gasteiger partial charge in [0, 0.05) is 18.6 Å². The number of nitrogens with one attached hydrogen (secondary N) is 1. The fourth-order valence-electron chi connectivity index (χ4n) is 14.4. The van der Waals surface area contributed by atoms with Crippen LogP contribution in [0.2, 0.25) is 0 Å². The topological polar surface area (TPSA) is 69.6 Å². The van der Waals surface area contributed by atoms with Crippen LogP contribution >= 0.6 is 0 Å². The first-order valence-corrected chi connectivity index (χ1v) is 20.0. The zero-order chi connectivity index (χ0) is 35.2. The molecule has 0 bridgehead atoms. The van der Waals surface area contributed by atoms with Crippen LogP contribution in [-0.4, -0.2) is 53.7 Å². The van der Waals surface area contributed by atoms with Crippen LogP contribution in [0, 0.1) is 56.7 Å². The van der Waals surface area contributed by atoms with Gasteiger partial charge in [0.05, 0.1) is 12.0 Å². The average molecular weight is 677 g/mol. The number of aliphatic carboxylic acids is 1. The number of halogens is 1. The Morgan fingerprint density at radius 3 is 2.29 bits per heavy atom. The van der Waals surface area contributed by atoms with E-state index in [9.17, 15) is 19.1 Å². The number of carboxylic acid groups (broad SMARTS) is 1. The lowest BCUT2D eigenvalue weighted by Gasteiger charge is -2.72. The van der Waals surface area contributed by atoms with Crippen molar-refractivity contribution in [3.8, 4) is 0 Å². The van der Waals surface area contributed by atoms with Crippen molar-refractivity contribution in [1.29, 1.82) is 0 Å². The van der Waals surface area contributed by atoms with Gasteiger partial charge in [-0.1, -0.05) is 58.9 Å². The molecule has 49 heavy (non-hydrogen) atoms. The average Bonchev–Trinajstić information content (AvgIpc) is 3.73. The monoisotopic (exact) mass is 676 g/mol. The molecule has 0 unspecified atom stereocenters.